The van der Waals surface area contributed by atoms with Gasteiger partial charge in [0.25, 0.3) is 0 Å². The summed E-state index contributed by atoms with van der Waals surface area (Å²) >= 11 is 0. The maximum Gasteiger partial charge on any atom is 0.308 e. The van der Waals surface area contributed by atoms with Crippen LogP contribution in [0.1, 0.15) is 84.4 Å². The van der Waals surface area contributed by atoms with Crippen LogP contribution in [0.3, 0.4) is 0 Å². The largest absolute Gasteiger partial charge is 0.469 e. The molecule has 0 aromatic heterocycles. The Kier molecular flexibility index (Phi) is 12.5. The topological polar surface area (TPSA) is 63.2 Å². The molecule has 0 aliphatic carbocycles. The van der Waals surface area contributed by atoms with Crippen LogP contribution in [0.5, 0.6) is 0 Å². The quantitative estimate of drug-likeness (QED) is 0.0687. The second-order valence-electron chi connectivity index (χ2n) is 15.6. The average molecular weight is 687 g/mol. The highest BCUT2D eigenvalue weighted by atomic mass is 28.4. The summed E-state index contributed by atoms with van der Waals surface area (Å²) in [7, 11) is -0.701. The Morgan fingerprint density at radius 1 is 0.878 bits per heavy atom. The fourth-order valence-corrected chi connectivity index (χ4v) is 7.78. The zero-order valence-corrected chi connectivity index (χ0v) is 32.3. The van der Waals surface area contributed by atoms with Gasteiger partial charge in [0.05, 0.1) is 31.8 Å². The summed E-state index contributed by atoms with van der Waals surface area (Å²) < 4.78 is 31.9. The van der Waals surface area contributed by atoms with Gasteiger partial charge in [0.1, 0.15) is 11.7 Å². The van der Waals surface area contributed by atoms with Crippen molar-refractivity contribution in [1.29, 1.82) is 0 Å². The lowest BCUT2D eigenvalue weighted by Gasteiger charge is -2.40. The van der Waals surface area contributed by atoms with Crippen LogP contribution in [-0.2, 0) is 33.8 Å². The molecule has 1 aliphatic heterocycles. The molecule has 266 valence electrons. The minimum atomic E-state index is -2.13. The molecule has 4 atom stereocenters. The Balaban J connectivity index is 1.55. The molecule has 1 saturated heterocycles. The number of methoxy groups -OCH3 is 1. The van der Waals surface area contributed by atoms with Crippen LogP contribution >= 0.6 is 0 Å². The van der Waals surface area contributed by atoms with Gasteiger partial charge in [-0.05, 0) is 74.4 Å². The second-order valence-corrected chi connectivity index (χ2v) is 20.4. The number of benzene rings is 3. The predicted octanol–water partition coefficient (Wildman–Crippen LogP) is 9.83. The molecule has 49 heavy (non-hydrogen) atoms. The van der Waals surface area contributed by atoms with Gasteiger partial charge in [0.2, 0.25) is 0 Å². The summed E-state index contributed by atoms with van der Waals surface area (Å²) in [5.74, 6) is -0.952. The third-order valence-corrected chi connectivity index (χ3v) is 14.6. The highest BCUT2D eigenvalue weighted by Crippen LogP contribution is 2.43. The van der Waals surface area contributed by atoms with Crippen LogP contribution < -0.4 is 0 Å². The van der Waals surface area contributed by atoms with Crippen LogP contribution in [0.15, 0.2) is 103 Å². The summed E-state index contributed by atoms with van der Waals surface area (Å²) in [6.07, 6.45) is 5.26. The van der Waals surface area contributed by atoms with Gasteiger partial charge in [0.15, 0.2) is 14.1 Å². The molecule has 0 bridgehead atoms. The fraction of sp³-hybridized carbons (Fsp3) is 0.500. The molecule has 0 saturated carbocycles. The SMILES string of the molecule is COC(=O)C[C@H](CC[C@]1(C)OC(C)(C)O[C@@H]1/C=C/[C@@H](C)COC(c1ccccc1)(c1ccccc1)c1ccccc1)O[Si](C)(C)C(C)(C)C. The van der Waals surface area contributed by atoms with Crippen molar-refractivity contribution in [1.82, 2.24) is 0 Å². The fourth-order valence-electron chi connectivity index (χ4n) is 6.39. The minimum absolute atomic E-state index is 0.0167. The maximum atomic E-state index is 12.4. The van der Waals surface area contributed by atoms with E-state index in [0.29, 0.717) is 19.4 Å². The molecule has 4 rings (SSSR count). The Morgan fingerprint density at radius 3 is 1.82 bits per heavy atom. The standard InChI is InChI=1S/C42H58O6Si/c1-32(31-45-42(33-20-14-11-15-21-33,34-22-16-12-17-23-34)35-24-18-13-19-25-35)26-27-37-41(7,48-40(5,6)46-37)29-28-36(30-38(43)44-8)47-49(9,10)39(2,3)4/h11-27,32,36-37H,28-31H2,1-10H3/b27-26+/t32-,36+,37-,41+/m1/s1. The molecule has 1 heterocycles. The number of carbonyl (C=O) groups excluding carboxylic acids is 1. The molecule has 3 aromatic carbocycles. The normalized spacial score (nSPS) is 21.1. The van der Waals surface area contributed by atoms with E-state index >= 15 is 0 Å². The molecule has 0 amide bonds. The van der Waals surface area contributed by atoms with Gasteiger partial charge in [0, 0.05) is 0 Å². The van der Waals surface area contributed by atoms with E-state index in [-0.39, 0.29) is 35.6 Å². The van der Waals surface area contributed by atoms with Crippen molar-refractivity contribution in [2.45, 2.75) is 115 Å². The number of hydrogen-bond donors (Lipinski definition) is 0. The lowest BCUT2D eigenvalue weighted by atomic mass is 9.80. The van der Waals surface area contributed by atoms with Crippen molar-refractivity contribution in [2.24, 2.45) is 5.92 Å². The van der Waals surface area contributed by atoms with E-state index in [4.69, 9.17) is 23.4 Å². The first kappa shape index (κ1) is 38.7. The molecule has 0 spiro atoms. The predicted molar refractivity (Wildman–Crippen MR) is 200 cm³/mol. The van der Waals surface area contributed by atoms with E-state index < -0.39 is 25.3 Å². The average Bonchev–Trinajstić information content (AvgIpc) is 3.31. The van der Waals surface area contributed by atoms with Crippen molar-refractivity contribution in [2.75, 3.05) is 13.7 Å². The van der Waals surface area contributed by atoms with Crippen molar-refractivity contribution in [3.63, 3.8) is 0 Å². The number of rotatable bonds is 15. The molecule has 1 aliphatic rings. The molecular weight excluding hydrogens is 629 g/mol. The summed E-state index contributed by atoms with van der Waals surface area (Å²) in [6, 6.07) is 31.3. The number of carbonyl (C=O) groups is 1. The van der Waals surface area contributed by atoms with Gasteiger partial charge in [-0.3, -0.25) is 4.79 Å². The van der Waals surface area contributed by atoms with Gasteiger partial charge >= 0.3 is 5.97 Å². The lowest BCUT2D eigenvalue weighted by molar-refractivity contribution is -0.161. The van der Waals surface area contributed by atoms with Crippen LogP contribution in [0.25, 0.3) is 0 Å². The Labute approximate surface area is 296 Å². The van der Waals surface area contributed by atoms with Gasteiger partial charge in [-0.2, -0.15) is 0 Å². The molecule has 6 nitrogen and oxygen atoms in total. The number of esters is 1. The summed E-state index contributed by atoms with van der Waals surface area (Å²) in [4.78, 5) is 12.4. The van der Waals surface area contributed by atoms with E-state index in [1.165, 1.54) is 7.11 Å². The van der Waals surface area contributed by atoms with Crippen LogP contribution in [0.4, 0.5) is 0 Å². The first-order valence-corrected chi connectivity index (χ1v) is 20.5. The molecule has 0 N–H and O–H groups in total. The summed E-state index contributed by atoms with van der Waals surface area (Å²) in [6.45, 7) is 19.7. The van der Waals surface area contributed by atoms with Crippen molar-refractivity contribution in [3.8, 4) is 0 Å². The van der Waals surface area contributed by atoms with Crippen LogP contribution in [-0.4, -0.2) is 51.6 Å². The molecule has 0 radical (unpaired) electrons. The van der Waals surface area contributed by atoms with E-state index in [1.54, 1.807) is 0 Å². The van der Waals surface area contributed by atoms with E-state index in [2.05, 4.69) is 133 Å². The van der Waals surface area contributed by atoms with Crippen molar-refractivity contribution in [3.05, 3.63) is 120 Å². The Morgan fingerprint density at radius 2 is 1.37 bits per heavy atom. The van der Waals surface area contributed by atoms with Gasteiger partial charge in [-0.25, -0.2) is 0 Å². The van der Waals surface area contributed by atoms with Gasteiger partial charge in [-0.15, -0.1) is 0 Å². The summed E-state index contributed by atoms with van der Waals surface area (Å²) in [5.41, 5.74) is 1.83. The van der Waals surface area contributed by atoms with E-state index in [9.17, 15) is 4.79 Å². The van der Waals surface area contributed by atoms with Crippen LogP contribution in [0, 0.1) is 5.92 Å². The second kappa shape index (κ2) is 15.9. The third-order valence-electron chi connectivity index (χ3n) is 10.1. The first-order valence-electron chi connectivity index (χ1n) is 17.6. The Hall–Kier alpha value is -3.07. The van der Waals surface area contributed by atoms with Crippen LogP contribution in [0.2, 0.25) is 18.1 Å². The van der Waals surface area contributed by atoms with E-state index in [0.717, 1.165) is 16.7 Å². The third kappa shape index (κ3) is 9.59. The molecule has 7 heteroatoms. The monoisotopic (exact) mass is 686 g/mol. The zero-order chi connectivity index (χ0) is 35.9. The van der Waals surface area contributed by atoms with Crippen molar-refractivity contribution < 1.29 is 28.2 Å². The highest BCUT2D eigenvalue weighted by Gasteiger charge is 2.49. The van der Waals surface area contributed by atoms with Crippen molar-refractivity contribution >= 4 is 14.3 Å². The highest BCUT2D eigenvalue weighted by molar-refractivity contribution is 6.74. The van der Waals surface area contributed by atoms with Gasteiger partial charge < -0.3 is 23.4 Å². The molecule has 1 fully saturated rings. The number of ether oxygens (including phenoxy) is 4. The van der Waals surface area contributed by atoms with Gasteiger partial charge in [-0.1, -0.05) is 131 Å². The smallest absolute Gasteiger partial charge is 0.308 e. The molecule has 0 unspecified atom stereocenters. The van der Waals surface area contributed by atoms with E-state index in [1.807, 2.05) is 32.0 Å². The molecule has 3 aromatic rings. The zero-order valence-electron chi connectivity index (χ0n) is 31.3. The first-order chi connectivity index (χ1) is 23.0. The minimum Gasteiger partial charge on any atom is -0.469 e. The maximum absolute atomic E-state index is 12.4. The Bertz CT molecular complexity index is 1400. The summed E-state index contributed by atoms with van der Waals surface area (Å²) in [5, 5.41) is 0.0167. The molecular formula is C42H58O6Si. The number of hydrogen-bond acceptors (Lipinski definition) is 6. The lowest BCUT2D eigenvalue weighted by Crippen LogP contribution is -2.45.